The van der Waals surface area contributed by atoms with Crippen LogP contribution in [0.15, 0.2) is 54.6 Å². The van der Waals surface area contributed by atoms with Gasteiger partial charge < -0.3 is 4.74 Å². The summed E-state index contributed by atoms with van der Waals surface area (Å²) in [4.78, 5) is 12.0. The van der Waals surface area contributed by atoms with E-state index in [4.69, 9.17) is 10.1 Å². The zero-order valence-corrected chi connectivity index (χ0v) is 10.0. The lowest BCUT2D eigenvalue weighted by Gasteiger charge is -2.05. The van der Waals surface area contributed by atoms with E-state index in [1.165, 1.54) is 0 Å². The van der Waals surface area contributed by atoms with E-state index in [9.17, 15) is 4.79 Å². The van der Waals surface area contributed by atoms with Crippen LogP contribution in [0.5, 0.6) is 5.75 Å². The van der Waals surface area contributed by atoms with Gasteiger partial charge in [-0.1, -0.05) is 30.3 Å². The Bertz CT molecular complexity index is 559. The van der Waals surface area contributed by atoms with Crippen molar-refractivity contribution < 1.29 is 9.53 Å². The summed E-state index contributed by atoms with van der Waals surface area (Å²) in [6.45, 7) is 0. The van der Waals surface area contributed by atoms with Crippen LogP contribution in [0.2, 0.25) is 0 Å². The zero-order chi connectivity index (χ0) is 13.0. The Morgan fingerprint density at radius 1 is 0.944 bits per heavy atom. The summed E-state index contributed by atoms with van der Waals surface area (Å²) in [5, 5.41) is 7.91. The minimum Gasteiger partial charge on any atom is -0.497 e. The molecule has 0 spiro atoms. The minimum atomic E-state index is -0.277. The molecular formula is C15H13NO2. The average Bonchev–Trinajstić information content (AvgIpc) is 2.47. The number of hydrogen-bond donors (Lipinski definition) is 1. The second-order valence-electron chi connectivity index (χ2n) is 3.80. The molecule has 90 valence electrons. The molecule has 2 aromatic rings. The van der Waals surface area contributed by atoms with Crippen LogP contribution in [0.3, 0.4) is 0 Å². The van der Waals surface area contributed by atoms with Gasteiger partial charge in [0.05, 0.1) is 7.11 Å². The number of Topliss-reactive ketones (excluding diaryl/α,β-unsaturated/α-hetero) is 1. The number of carbonyl (C=O) groups excluding carboxylic acids is 1. The topological polar surface area (TPSA) is 50.1 Å². The van der Waals surface area contributed by atoms with Crippen LogP contribution in [0, 0.1) is 5.41 Å². The van der Waals surface area contributed by atoms with Gasteiger partial charge in [0, 0.05) is 11.1 Å². The summed E-state index contributed by atoms with van der Waals surface area (Å²) in [7, 11) is 1.58. The largest absolute Gasteiger partial charge is 0.497 e. The molecule has 0 aliphatic heterocycles. The Morgan fingerprint density at radius 3 is 2.11 bits per heavy atom. The summed E-state index contributed by atoms with van der Waals surface area (Å²) < 4.78 is 5.04. The fourth-order valence-electron chi connectivity index (χ4n) is 1.62. The number of benzene rings is 2. The van der Waals surface area contributed by atoms with E-state index in [0.717, 1.165) is 0 Å². The second kappa shape index (κ2) is 5.27. The lowest BCUT2D eigenvalue weighted by molar-refractivity contribution is 0.106. The molecule has 0 unspecified atom stereocenters. The Morgan fingerprint density at radius 2 is 1.56 bits per heavy atom. The van der Waals surface area contributed by atoms with Crippen molar-refractivity contribution in [2.24, 2.45) is 0 Å². The van der Waals surface area contributed by atoms with Crippen LogP contribution in [-0.4, -0.2) is 18.6 Å². The maximum Gasteiger partial charge on any atom is 0.211 e. The van der Waals surface area contributed by atoms with Gasteiger partial charge in [0.15, 0.2) is 0 Å². The number of carbonyl (C=O) groups is 1. The lowest BCUT2D eigenvalue weighted by Crippen LogP contribution is -2.14. The zero-order valence-electron chi connectivity index (χ0n) is 10.0. The normalized spacial score (nSPS) is 9.83. The van der Waals surface area contributed by atoms with E-state index < -0.39 is 0 Å². The smallest absolute Gasteiger partial charge is 0.211 e. The molecule has 0 atom stereocenters. The van der Waals surface area contributed by atoms with Crippen molar-refractivity contribution in [3.05, 3.63) is 65.7 Å². The fourth-order valence-corrected chi connectivity index (χ4v) is 1.62. The molecule has 2 aromatic carbocycles. The number of rotatable bonds is 4. The van der Waals surface area contributed by atoms with Gasteiger partial charge in [0.1, 0.15) is 11.5 Å². The van der Waals surface area contributed by atoms with Gasteiger partial charge >= 0.3 is 0 Å². The van der Waals surface area contributed by atoms with Crippen LogP contribution in [0.25, 0.3) is 0 Å². The molecule has 0 radical (unpaired) electrons. The predicted octanol–water partition coefficient (Wildman–Crippen LogP) is 2.95. The third-order valence-corrected chi connectivity index (χ3v) is 2.64. The van der Waals surface area contributed by atoms with Crippen molar-refractivity contribution >= 4 is 11.5 Å². The SMILES string of the molecule is COc1ccc(C(=N)C(=O)c2ccccc2)cc1. The predicted molar refractivity (Wildman–Crippen MR) is 70.6 cm³/mol. The second-order valence-corrected chi connectivity index (χ2v) is 3.80. The maximum absolute atomic E-state index is 12.0. The number of ether oxygens (including phenoxy) is 1. The third kappa shape index (κ3) is 2.46. The molecule has 0 aliphatic carbocycles. The van der Waals surface area contributed by atoms with Gasteiger partial charge in [0.25, 0.3) is 0 Å². The van der Waals surface area contributed by atoms with Gasteiger partial charge in [0.2, 0.25) is 5.78 Å². The highest BCUT2D eigenvalue weighted by molar-refractivity contribution is 6.50. The van der Waals surface area contributed by atoms with Crippen molar-refractivity contribution in [1.29, 1.82) is 5.41 Å². The van der Waals surface area contributed by atoms with E-state index in [-0.39, 0.29) is 11.5 Å². The molecule has 18 heavy (non-hydrogen) atoms. The summed E-state index contributed by atoms with van der Waals surface area (Å²) in [6, 6.07) is 15.7. The molecule has 0 bridgehead atoms. The molecular weight excluding hydrogens is 226 g/mol. The van der Waals surface area contributed by atoms with Crippen LogP contribution in [0.4, 0.5) is 0 Å². The number of ketones is 1. The number of hydrogen-bond acceptors (Lipinski definition) is 3. The number of nitrogens with one attached hydrogen (secondary N) is 1. The van der Waals surface area contributed by atoms with Gasteiger partial charge in [-0.25, -0.2) is 0 Å². The Kier molecular flexibility index (Phi) is 3.53. The summed E-state index contributed by atoms with van der Waals surface area (Å²) in [5.74, 6) is 0.430. The lowest BCUT2D eigenvalue weighted by atomic mass is 10.0. The van der Waals surface area contributed by atoms with E-state index in [1.54, 1.807) is 55.6 Å². The molecule has 0 aliphatic rings. The highest BCUT2D eigenvalue weighted by atomic mass is 16.5. The van der Waals surface area contributed by atoms with E-state index in [2.05, 4.69) is 0 Å². The molecule has 3 heteroatoms. The molecule has 3 nitrogen and oxygen atoms in total. The molecule has 1 N–H and O–H groups in total. The van der Waals surface area contributed by atoms with Gasteiger partial charge in [-0.3, -0.25) is 10.2 Å². The van der Waals surface area contributed by atoms with Gasteiger partial charge in [-0.05, 0) is 24.3 Å². The highest BCUT2D eigenvalue weighted by Crippen LogP contribution is 2.13. The van der Waals surface area contributed by atoms with E-state index in [0.29, 0.717) is 16.9 Å². The first-order valence-corrected chi connectivity index (χ1v) is 5.55. The quantitative estimate of drug-likeness (QED) is 0.658. The summed E-state index contributed by atoms with van der Waals surface area (Å²) >= 11 is 0. The van der Waals surface area contributed by atoms with Crippen molar-refractivity contribution in [3.63, 3.8) is 0 Å². The monoisotopic (exact) mass is 239 g/mol. The first kappa shape index (κ1) is 12.0. The summed E-state index contributed by atoms with van der Waals surface area (Å²) in [6.07, 6.45) is 0. The van der Waals surface area contributed by atoms with Crippen LogP contribution in [0.1, 0.15) is 15.9 Å². The van der Waals surface area contributed by atoms with Crippen molar-refractivity contribution in [1.82, 2.24) is 0 Å². The van der Waals surface area contributed by atoms with Crippen LogP contribution < -0.4 is 4.74 Å². The Balaban J connectivity index is 2.23. The van der Waals surface area contributed by atoms with Crippen LogP contribution in [-0.2, 0) is 0 Å². The third-order valence-electron chi connectivity index (χ3n) is 2.64. The van der Waals surface area contributed by atoms with E-state index in [1.807, 2.05) is 6.07 Å². The maximum atomic E-state index is 12.0. The summed E-state index contributed by atoms with van der Waals surface area (Å²) in [5.41, 5.74) is 1.10. The van der Waals surface area contributed by atoms with Crippen LogP contribution >= 0.6 is 0 Å². The number of methoxy groups -OCH3 is 1. The first-order valence-electron chi connectivity index (χ1n) is 5.55. The molecule has 0 amide bonds. The van der Waals surface area contributed by atoms with Crippen molar-refractivity contribution in [2.75, 3.05) is 7.11 Å². The molecule has 2 rings (SSSR count). The Labute approximate surface area is 106 Å². The van der Waals surface area contributed by atoms with Gasteiger partial charge in [-0.2, -0.15) is 0 Å². The standard InChI is InChI=1S/C15H13NO2/c1-18-13-9-7-11(8-10-13)14(16)15(17)12-5-3-2-4-6-12/h2-10,16H,1H3. The molecule has 0 saturated heterocycles. The molecule has 0 aromatic heterocycles. The molecule has 0 fully saturated rings. The first-order chi connectivity index (χ1) is 8.72. The Hall–Kier alpha value is -2.42. The van der Waals surface area contributed by atoms with E-state index >= 15 is 0 Å². The van der Waals surface area contributed by atoms with Crippen molar-refractivity contribution in [3.8, 4) is 5.75 Å². The average molecular weight is 239 g/mol. The molecule has 0 heterocycles. The van der Waals surface area contributed by atoms with Gasteiger partial charge in [-0.15, -0.1) is 0 Å². The molecule has 0 saturated carbocycles. The minimum absolute atomic E-state index is 0.0103. The fraction of sp³-hybridized carbons (Fsp3) is 0.0667. The van der Waals surface area contributed by atoms with Crippen molar-refractivity contribution in [2.45, 2.75) is 0 Å². The highest BCUT2D eigenvalue weighted by Gasteiger charge is 2.13.